The highest BCUT2D eigenvalue weighted by Gasteiger charge is 2.23. The van der Waals surface area contributed by atoms with Crippen LogP contribution >= 0.6 is 0 Å². The van der Waals surface area contributed by atoms with E-state index in [0.717, 1.165) is 21.9 Å². The van der Waals surface area contributed by atoms with Gasteiger partial charge in [-0.25, -0.2) is 0 Å². The summed E-state index contributed by atoms with van der Waals surface area (Å²) in [6.45, 7) is 2.27. The molecule has 57 heavy (non-hydrogen) atoms. The molecule has 288 valence electrons. The molecule has 0 atom stereocenters. The lowest BCUT2D eigenvalue weighted by molar-refractivity contribution is -0.135. The number of anilines is 3. The van der Waals surface area contributed by atoms with Crippen LogP contribution in [0.5, 0.6) is 0 Å². The highest BCUT2D eigenvalue weighted by Crippen LogP contribution is 2.26. The maximum absolute atomic E-state index is 14.3. The van der Waals surface area contributed by atoms with Crippen molar-refractivity contribution >= 4 is 57.4 Å². The van der Waals surface area contributed by atoms with Crippen molar-refractivity contribution < 1.29 is 29.1 Å². The Labute approximate surface area is 330 Å². The van der Waals surface area contributed by atoms with E-state index >= 15 is 0 Å². The van der Waals surface area contributed by atoms with E-state index in [0.29, 0.717) is 47.7 Å². The lowest BCUT2D eigenvalue weighted by Gasteiger charge is -2.26. The summed E-state index contributed by atoms with van der Waals surface area (Å²) in [6.07, 6.45) is 0.671. The van der Waals surface area contributed by atoms with E-state index < -0.39 is 18.4 Å². The standard InChI is InChI=1S/C46H43N5O6/c1-2-26-49(39-20-14-35(15-21-39)44(55)48-29-43(53)54)45(56)36-18-24-41(25-19-36)51(30-32-8-4-3-5-9-32)46(57)37-16-22-40(23-17-37)50(42(52)28-47)31-33-12-13-34-10-6-7-11-38(34)27-33/h3-25,27H,2,26,28-31,47H2,1H3,(H,48,55)(H,53,54). The number of nitrogens with two attached hydrogens (primary N) is 1. The summed E-state index contributed by atoms with van der Waals surface area (Å²) in [7, 11) is 0. The van der Waals surface area contributed by atoms with Crippen LogP contribution in [0.1, 0.15) is 55.5 Å². The van der Waals surface area contributed by atoms with E-state index in [2.05, 4.69) is 11.4 Å². The third kappa shape index (κ3) is 9.77. The van der Waals surface area contributed by atoms with Gasteiger partial charge in [-0.05, 0) is 107 Å². The van der Waals surface area contributed by atoms with Crippen LogP contribution in [-0.4, -0.2) is 54.3 Å². The number of hydrogen-bond acceptors (Lipinski definition) is 6. The Balaban J connectivity index is 1.23. The normalized spacial score (nSPS) is 10.8. The van der Waals surface area contributed by atoms with Gasteiger partial charge in [-0.3, -0.25) is 24.0 Å². The first-order chi connectivity index (χ1) is 27.6. The Morgan fingerprint density at radius 3 is 1.65 bits per heavy atom. The number of benzene rings is 6. The van der Waals surface area contributed by atoms with Gasteiger partial charge >= 0.3 is 5.97 Å². The molecular formula is C46H43N5O6. The summed E-state index contributed by atoms with van der Waals surface area (Å²) in [4.78, 5) is 69.2. The predicted octanol–water partition coefficient (Wildman–Crippen LogP) is 7.05. The van der Waals surface area contributed by atoms with E-state index in [1.165, 1.54) is 0 Å². The van der Waals surface area contributed by atoms with Crippen LogP contribution in [0.2, 0.25) is 0 Å². The molecule has 0 spiro atoms. The van der Waals surface area contributed by atoms with Crippen LogP contribution in [0, 0.1) is 0 Å². The van der Waals surface area contributed by atoms with Crippen LogP contribution in [0.4, 0.5) is 17.1 Å². The predicted molar refractivity (Wildman–Crippen MR) is 222 cm³/mol. The van der Waals surface area contributed by atoms with Gasteiger partial charge in [0.15, 0.2) is 0 Å². The maximum Gasteiger partial charge on any atom is 0.322 e. The van der Waals surface area contributed by atoms with Gasteiger partial charge in [0, 0.05) is 40.3 Å². The molecule has 0 radical (unpaired) electrons. The van der Waals surface area contributed by atoms with Gasteiger partial charge in [-0.2, -0.15) is 0 Å². The van der Waals surface area contributed by atoms with Gasteiger partial charge in [0.25, 0.3) is 17.7 Å². The minimum absolute atomic E-state index is 0.172. The Morgan fingerprint density at radius 1 is 0.561 bits per heavy atom. The van der Waals surface area contributed by atoms with Crippen molar-refractivity contribution in [3.63, 3.8) is 0 Å². The van der Waals surface area contributed by atoms with E-state index in [1.54, 1.807) is 87.5 Å². The van der Waals surface area contributed by atoms with Crippen molar-refractivity contribution in [1.29, 1.82) is 0 Å². The highest BCUT2D eigenvalue weighted by atomic mass is 16.4. The van der Waals surface area contributed by atoms with Crippen molar-refractivity contribution in [3.05, 3.63) is 173 Å². The average molecular weight is 762 g/mol. The van der Waals surface area contributed by atoms with Gasteiger partial charge in [0.2, 0.25) is 5.91 Å². The average Bonchev–Trinajstić information content (AvgIpc) is 3.25. The Morgan fingerprint density at radius 2 is 1.07 bits per heavy atom. The molecule has 11 heteroatoms. The molecule has 0 fully saturated rings. The van der Waals surface area contributed by atoms with Crippen LogP contribution < -0.4 is 25.8 Å². The maximum atomic E-state index is 14.3. The number of aliphatic carboxylic acids is 1. The van der Waals surface area contributed by atoms with E-state index in [-0.39, 0.29) is 36.4 Å². The van der Waals surface area contributed by atoms with Crippen LogP contribution in [0.25, 0.3) is 10.8 Å². The Bertz CT molecular complexity index is 2360. The summed E-state index contributed by atoms with van der Waals surface area (Å²) in [6, 6.07) is 43.9. The first-order valence-electron chi connectivity index (χ1n) is 18.6. The number of hydrogen-bond donors (Lipinski definition) is 3. The third-order valence-corrected chi connectivity index (χ3v) is 9.44. The number of amides is 4. The molecule has 4 N–H and O–H groups in total. The van der Waals surface area contributed by atoms with E-state index in [1.807, 2.05) is 73.7 Å². The monoisotopic (exact) mass is 761 g/mol. The second-order valence-corrected chi connectivity index (χ2v) is 13.4. The molecule has 0 saturated carbocycles. The zero-order valence-electron chi connectivity index (χ0n) is 31.5. The van der Waals surface area contributed by atoms with Gasteiger partial charge in [0.1, 0.15) is 6.54 Å². The molecule has 0 unspecified atom stereocenters. The molecule has 0 saturated heterocycles. The fraction of sp³-hybridized carbons (Fsp3) is 0.152. The minimum atomic E-state index is -1.15. The summed E-state index contributed by atoms with van der Waals surface area (Å²) in [5, 5.41) is 13.4. The topological polar surface area (TPSA) is 153 Å². The minimum Gasteiger partial charge on any atom is -0.480 e. The second kappa shape index (κ2) is 18.5. The van der Waals surface area contributed by atoms with Gasteiger partial charge in [-0.1, -0.05) is 73.7 Å². The molecule has 0 aromatic heterocycles. The van der Waals surface area contributed by atoms with Crippen LogP contribution in [0.15, 0.2) is 146 Å². The van der Waals surface area contributed by atoms with Crippen molar-refractivity contribution in [3.8, 4) is 0 Å². The summed E-state index contributed by atoms with van der Waals surface area (Å²) in [5.41, 5.74) is 10.5. The molecule has 11 nitrogen and oxygen atoms in total. The largest absolute Gasteiger partial charge is 0.480 e. The molecule has 0 aliphatic heterocycles. The first kappa shape index (κ1) is 39.6. The zero-order chi connectivity index (χ0) is 40.3. The molecular weight excluding hydrogens is 719 g/mol. The van der Waals surface area contributed by atoms with Crippen molar-refractivity contribution in [1.82, 2.24) is 5.32 Å². The van der Waals surface area contributed by atoms with Crippen LogP contribution in [0.3, 0.4) is 0 Å². The highest BCUT2D eigenvalue weighted by molar-refractivity contribution is 6.09. The smallest absolute Gasteiger partial charge is 0.322 e. The number of carboxylic acids is 1. The number of rotatable bonds is 15. The molecule has 0 aliphatic carbocycles. The first-order valence-corrected chi connectivity index (χ1v) is 18.6. The number of carbonyl (C=O) groups excluding carboxylic acids is 4. The molecule has 6 aromatic carbocycles. The fourth-order valence-electron chi connectivity index (χ4n) is 6.50. The fourth-order valence-corrected chi connectivity index (χ4v) is 6.50. The molecule has 6 aromatic rings. The van der Waals surface area contributed by atoms with Crippen molar-refractivity contribution in [2.45, 2.75) is 26.4 Å². The number of fused-ring (bicyclic) bond motifs is 1. The molecule has 0 bridgehead atoms. The lowest BCUT2D eigenvalue weighted by atomic mass is 10.1. The summed E-state index contributed by atoms with van der Waals surface area (Å²) < 4.78 is 0. The summed E-state index contributed by atoms with van der Waals surface area (Å²) >= 11 is 0. The van der Waals surface area contributed by atoms with E-state index in [9.17, 15) is 24.0 Å². The molecule has 0 heterocycles. The molecule has 6 rings (SSSR count). The Kier molecular flexibility index (Phi) is 12.8. The van der Waals surface area contributed by atoms with Gasteiger partial charge < -0.3 is 30.9 Å². The number of carboxylic acid groups (broad SMARTS) is 1. The van der Waals surface area contributed by atoms with Crippen LogP contribution in [-0.2, 0) is 22.7 Å². The number of nitrogens with zero attached hydrogens (tertiary/aromatic N) is 3. The van der Waals surface area contributed by atoms with Crippen molar-refractivity contribution in [2.24, 2.45) is 5.73 Å². The zero-order valence-corrected chi connectivity index (χ0v) is 31.5. The number of nitrogens with one attached hydrogen (secondary N) is 1. The molecule has 4 amide bonds. The third-order valence-electron chi connectivity index (χ3n) is 9.44. The summed E-state index contributed by atoms with van der Waals surface area (Å²) in [5.74, 6) is -2.46. The number of carbonyl (C=O) groups is 5. The quantitative estimate of drug-likeness (QED) is 0.101. The van der Waals surface area contributed by atoms with Gasteiger partial charge in [-0.15, -0.1) is 0 Å². The Hall–Kier alpha value is -7.11. The lowest BCUT2D eigenvalue weighted by Crippen LogP contribution is -2.35. The van der Waals surface area contributed by atoms with Crippen molar-refractivity contribution in [2.75, 3.05) is 34.3 Å². The molecule has 0 aliphatic rings. The van der Waals surface area contributed by atoms with E-state index in [4.69, 9.17) is 10.8 Å². The second-order valence-electron chi connectivity index (χ2n) is 13.4. The van der Waals surface area contributed by atoms with Gasteiger partial charge in [0.05, 0.1) is 19.6 Å². The SMILES string of the molecule is CCCN(C(=O)c1ccc(N(Cc2ccccc2)C(=O)c2ccc(N(Cc3ccc4ccccc4c3)C(=O)CN)cc2)cc1)c1ccc(C(=O)NCC(=O)O)cc1.